The Morgan fingerprint density at radius 2 is 1.32 bits per heavy atom. The maximum absolute atomic E-state index is 10.9. The zero-order valence-corrected chi connectivity index (χ0v) is 15.7. The summed E-state index contributed by atoms with van der Waals surface area (Å²) in [6.45, 7) is 1.00. The van der Waals surface area contributed by atoms with Crippen molar-refractivity contribution in [1.82, 2.24) is 0 Å². The number of hydrogen-bond donors (Lipinski definition) is 0. The van der Waals surface area contributed by atoms with Gasteiger partial charge in [-0.2, -0.15) is 0 Å². The molecule has 1 unspecified atom stereocenters. The second kappa shape index (κ2) is 8.61. The van der Waals surface area contributed by atoms with E-state index in [0.717, 1.165) is 54.4 Å². The number of ether oxygens (including phenoxy) is 2. The molecule has 3 aromatic rings. The molecule has 28 heavy (non-hydrogen) atoms. The van der Waals surface area contributed by atoms with Gasteiger partial charge in [-0.25, -0.2) is 0 Å². The molecular formula is C24H23NO3. The van der Waals surface area contributed by atoms with Crippen molar-refractivity contribution in [3.05, 3.63) is 78.9 Å². The van der Waals surface area contributed by atoms with E-state index in [4.69, 9.17) is 9.47 Å². The smallest absolute Gasteiger partial charge is 0.127 e. The highest BCUT2D eigenvalue weighted by molar-refractivity contribution is 5.56. The summed E-state index contributed by atoms with van der Waals surface area (Å²) in [7, 11) is 0. The highest BCUT2D eigenvalue weighted by Gasteiger charge is 2.24. The summed E-state index contributed by atoms with van der Waals surface area (Å²) < 4.78 is 11.7. The van der Waals surface area contributed by atoms with Crippen molar-refractivity contribution in [2.45, 2.75) is 25.3 Å². The van der Waals surface area contributed by atoms with Crippen molar-refractivity contribution in [2.75, 3.05) is 11.4 Å². The van der Waals surface area contributed by atoms with Crippen LogP contribution in [0.15, 0.2) is 78.9 Å². The molecule has 0 amide bonds. The van der Waals surface area contributed by atoms with Crippen LogP contribution in [0.2, 0.25) is 0 Å². The van der Waals surface area contributed by atoms with Crippen LogP contribution in [-0.4, -0.2) is 18.9 Å². The van der Waals surface area contributed by atoms with Crippen LogP contribution >= 0.6 is 0 Å². The first-order valence-electron chi connectivity index (χ1n) is 9.63. The van der Waals surface area contributed by atoms with Gasteiger partial charge in [-0.15, -0.1) is 0 Å². The number of rotatable bonds is 7. The lowest BCUT2D eigenvalue weighted by Gasteiger charge is -2.25. The molecule has 0 aliphatic carbocycles. The lowest BCUT2D eigenvalue weighted by molar-refractivity contribution is -0.108. The molecule has 0 spiro atoms. The van der Waals surface area contributed by atoms with Crippen LogP contribution in [0.4, 0.5) is 5.69 Å². The second-order valence-corrected chi connectivity index (χ2v) is 6.87. The number of benzene rings is 3. The van der Waals surface area contributed by atoms with E-state index in [-0.39, 0.29) is 0 Å². The van der Waals surface area contributed by atoms with Gasteiger partial charge >= 0.3 is 0 Å². The van der Waals surface area contributed by atoms with Gasteiger partial charge in [0.05, 0.1) is 0 Å². The topological polar surface area (TPSA) is 38.8 Å². The van der Waals surface area contributed by atoms with Gasteiger partial charge in [-0.3, -0.25) is 0 Å². The summed E-state index contributed by atoms with van der Waals surface area (Å²) >= 11 is 0. The predicted molar refractivity (Wildman–Crippen MR) is 111 cm³/mol. The quantitative estimate of drug-likeness (QED) is 0.489. The molecule has 1 saturated heterocycles. The van der Waals surface area contributed by atoms with Crippen LogP contribution in [-0.2, 0) is 4.79 Å². The Labute approximate surface area is 165 Å². The Morgan fingerprint density at radius 3 is 1.89 bits per heavy atom. The van der Waals surface area contributed by atoms with E-state index in [2.05, 4.69) is 17.0 Å². The third kappa shape index (κ3) is 4.34. The van der Waals surface area contributed by atoms with Gasteiger partial charge in [-0.05, 0) is 73.5 Å². The van der Waals surface area contributed by atoms with E-state index < -0.39 is 0 Å². The molecule has 0 radical (unpaired) electrons. The lowest BCUT2D eigenvalue weighted by Crippen LogP contribution is -2.29. The van der Waals surface area contributed by atoms with Crippen LogP contribution in [0.1, 0.15) is 19.3 Å². The van der Waals surface area contributed by atoms with Crippen molar-refractivity contribution < 1.29 is 14.3 Å². The first kappa shape index (κ1) is 18.1. The standard InChI is InChI=1S/C24H23NO3/c26-18-16-19-5-4-17-25(19)20-8-10-22(11-9-20)28-24-14-12-23(13-15-24)27-21-6-2-1-3-7-21/h1-3,6-15,18-19H,4-5,16-17H2. The molecule has 3 aromatic carbocycles. The van der Waals surface area contributed by atoms with E-state index in [1.165, 1.54) is 0 Å². The fourth-order valence-corrected chi connectivity index (χ4v) is 3.57. The average molecular weight is 373 g/mol. The van der Waals surface area contributed by atoms with Crippen LogP contribution < -0.4 is 14.4 Å². The summed E-state index contributed by atoms with van der Waals surface area (Å²) in [6.07, 6.45) is 3.82. The number of hydrogen-bond acceptors (Lipinski definition) is 4. The van der Waals surface area contributed by atoms with Gasteiger partial charge in [-0.1, -0.05) is 18.2 Å². The van der Waals surface area contributed by atoms with Crippen molar-refractivity contribution in [3.63, 3.8) is 0 Å². The zero-order chi connectivity index (χ0) is 19.2. The van der Waals surface area contributed by atoms with E-state index >= 15 is 0 Å². The van der Waals surface area contributed by atoms with E-state index in [9.17, 15) is 4.79 Å². The van der Waals surface area contributed by atoms with Crippen LogP contribution in [0, 0.1) is 0 Å². The minimum absolute atomic E-state index is 0.321. The fourth-order valence-electron chi connectivity index (χ4n) is 3.57. The van der Waals surface area contributed by atoms with Crippen LogP contribution in [0.25, 0.3) is 0 Å². The molecule has 1 aliphatic rings. The molecule has 0 bridgehead atoms. The fraction of sp³-hybridized carbons (Fsp3) is 0.208. The second-order valence-electron chi connectivity index (χ2n) is 6.87. The molecule has 1 heterocycles. The van der Waals surface area contributed by atoms with Gasteiger partial charge in [0.2, 0.25) is 0 Å². The van der Waals surface area contributed by atoms with Crippen LogP contribution in [0.5, 0.6) is 23.0 Å². The maximum Gasteiger partial charge on any atom is 0.127 e. The Morgan fingerprint density at radius 1 is 0.786 bits per heavy atom. The lowest BCUT2D eigenvalue weighted by atomic mass is 10.1. The largest absolute Gasteiger partial charge is 0.457 e. The number of para-hydroxylation sites is 1. The SMILES string of the molecule is O=CCC1CCCN1c1ccc(Oc2ccc(Oc3ccccc3)cc2)cc1. The summed E-state index contributed by atoms with van der Waals surface area (Å²) in [5.41, 5.74) is 1.14. The monoisotopic (exact) mass is 373 g/mol. The molecule has 4 rings (SSSR count). The molecule has 4 nitrogen and oxygen atoms in total. The Bertz CT molecular complexity index is 891. The van der Waals surface area contributed by atoms with Crippen LogP contribution in [0.3, 0.4) is 0 Å². The first-order valence-corrected chi connectivity index (χ1v) is 9.63. The molecule has 0 saturated carbocycles. The minimum Gasteiger partial charge on any atom is -0.457 e. The normalized spacial score (nSPS) is 16.0. The predicted octanol–water partition coefficient (Wildman–Crippen LogP) is 5.83. The number of nitrogens with zero attached hydrogens (tertiary/aromatic N) is 1. The van der Waals surface area contributed by atoms with Gasteiger partial charge in [0.1, 0.15) is 29.3 Å². The van der Waals surface area contributed by atoms with Gasteiger partial charge in [0.15, 0.2) is 0 Å². The highest BCUT2D eigenvalue weighted by Crippen LogP contribution is 2.31. The number of anilines is 1. The molecule has 1 aliphatic heterocycles. The third-order valence-electron chi connectivity index (χ3n) is 4.95. The van der Waals surface area contributed by atoms with E-state index in [1.54, 1.807) is 0 Å². The van der Waals surface area contributed by atoms with Crippen molar-refractivity contribution in [2.24, 2.45) is 0 Å². The van der Waals surface area contributed by atoms with Crippen molar-refractivity contribution >= 4 is 12.0 Å². The first-order chi connectivity index (χ1) is 13.8. The summed E-state index contributed by atoms with van der Waals surface area (Å²) in [6, 6.07) is 25.7. The molecule has 0 N–H and O–H groups in total. The van der Waals surface area contributed by atoms with E-state index in [0.29, 0.717) is 12.5 Å². The van der Waals surface area contributed by atoms with Gasteiger partial charge in [0, 0.05) is 24.7 Å². The highest BCUT2D eigenvalue weighted by atomic mass is 16.5. The number of aldehydes is 1. The molecule has 142 valence electrons. The molecule has 0 aromatic heterocycles. The summed E-state index contributed by atoms with van der Waals surface area (Å²) in [5.74, 6) is 3.12. The molecule has 4 heteroatoms. The molecule has 1 fully saturated rings. The molecule has 1 atom stereocenters. The van der Waals surface area contributed by atoms with Crippen molar-refractivity contribution in [3.8, 4) is 23.0 Å². The Balaban J connectivity index is 1.38. The van der Waals surface area contributed by atoms with Crippen molar-refractivity contribution in [1.29, 1.82) is 0 Å². The zero-order valence-electron chi connectivity index (χ0n) is 15.7. The maximum atomic E-state index is 10.9. The van der Waals surface area contributed by atoms with E-state index in [1.807, 2.05) is 66.7 Å². The van der Waals surface area contributed by atoms with Gasteiger partial charge < -0.3 is 19.2 Å². The number of carbonyl (C=O) groups is 1. The Hall–Kier alpha value is -3.27. The molecular weight excluding hydrogens is 350 g/mol. The average Bonchev–Trinajstić information content (AvgIpc) is 3.19. The summed E-state index contributed by atoms with van der Waals surface area (Å²) in [5, 5.41) is 0. The summed E-state index contributed by atoms with van der Waals surface area (Å²) in [4.78, 5) is 13.2. The third-order valence-corrected chi connectivity index (χ3v) is 4.95. The number of carbonyl (C=O) groups excluding carboxylic acids is 1. The van der Waals surface area contributed by atoms with Gasteiger partial charge in [0.25, 0.3) is 0 Å². The Kier molecular flexibility index (Phi) is 5.57. The minimum atomic E-state index is 0.321.